The van der Waals surface area contributed by atoms with Crippen molar-refractivity contribution in [3.05, 3.63) is 34.4 Å². The largest absolute Gasteiger partial charge is 0.508 e. The number of hydrogen-bond donors (Lipinski definition) is 5. The van der Waals surface area contributed by atoms with Crippen LogP contribution in [0.4, 0.5) is 0 Å². The molecule has 0 heterocycles. The summed E-state index contributed by atoms with van der Waals surface area (Å²) in [6, 6.07) is 1.44. The lowest BCUT2D eigenvalue weighted by atomic mass is 9.93. The number of carboxylic acid groups (broad SMARTS) is 1. The summed E-state index contributed by atoms with van der Waals surface area (Å²) in [6.45, 7) is 6.98. The fourth-order valence-electron chi connectivity index (χ4n) is 3.05. The molecule has 1 unspecified atom stereocenters. The average Bonchev–Trinajstić information content (AvgIpc) is 2.58. The number of aromatic hydroxyl groups is 2. The number of aliphatic hydroxyl groups excluding tert-OH is 1. The molecule has 1 atom stereocenters. The van der Waals surface area contributed by atoms with Gasteiger partial charge in [0.2, 0.25) is 0 Å². The van der Waals surface area contributed by atoms with Gasteiger partial charge in [-0.2, -0.15) is 0 Å². The maximum atomic E-state index is 11.6. The van der Waals surface area contributed by atoms with Crippen LogP contribution >= 0.6 is 0 Å². The van der Waals surface area contributed by atoms with Crippen LogP contribution in [-0.2, 0) is 12.8 Å². The normalized spacial score (nSPS) is 13.6. The topological polar surface area (TPSA) is 118 Å². The molecular formula is C22H34O6. The first kappa shape index (κ1) is 24.0. The van der Waals surface area contributed by atoms with E-state index >= 15 is 0 Å². The highest BCUT2D eigenvalue weighted by atomic mass is 16.4. The minimum Gasteiger partial charge on any atom is -0.508 e. The molecule has 0 aliphatic heterocycles. The number of phenols is 2. The number of allylic oxidation sites excluding steroid dienone is 2. The van der Waals surface area contributed by atoms with Gasteiger partial charge in [-0.25, -0.2) is 4.79 Å². The zero-order valence-corrected chi connectivity index (χ0v) is 17.3. The first-order valence-electron chi connectivity index (χ1n) is 9.85. The number of carboxylic acids is 1. The van der Waals surface area contributed by atoms with Crippen LogP contribution in [0.1, 0.15) is 81.3 Å². The van der Waals surface area contributed by atoms with E-state index in [-0.39, 0.29) is 29.0 Å². The van der Waals surface area contributed by atoms with Gasteiger partial charge >= 0.3 is 5.97 Å². The Morgan fingerprint density at radius 2 is 1.89 bits per heavy atom. The lowest BCUT2D eigenvalue weighted by Gasteiger charge is -2.24. The fourth-order valence-corrected chi connectivity index (χ4v) is 3.05. The van der Waals surface area contributed by atoms with E-state index in [0.29, 0.717) is 24.8 Å². The van der Waals surface area contributed by atoms with E-state index in [1.54, 1.807) is 19.9 Å². The highest BCUT2D eigenvalue weighted by Crippen LogP contribution is 2.35. The lowest BCUT2D eigenvalue weighted by Crippen LogP contribution is -2.35. The minimum atomic E-state index is -1.21. The van der Waals surface area contributed by atoms with Crippen molar-refractivity contribution in [1.82, 2.24) is 0 Å². The highest BCUT2D eigenvalue weighted by Gasteiger charge is 2.24. The molecule has 6 heteroatoms. The summed E-state index contributed by atoms with van der Waals surface area (Å²) >= 11 is 0. The Morgan fingerprint density at radius 3 is 2.43 bits per heavy atom. The smallest absolute Gasteiger partial charge is 0.339 e. The zero-order valence-electron chi connectivity index (χ0n) is 17.3. The summed E-state index contributed by atoms with van der Waals surface area (Å²) in [5.41, 5.74) is 0.201. The quantitative estimate of drug-likeness (QED) is 0.287. The number of benzene rings is 1. The van der Waals surface area contributed by atoms with Crippen LogP contribution in [-0.4, -0.2) is 43.2 Å². The van der Waals surface area contributed by atoms with E-state index in [4.69, 9.17) is 0 Å². The average molecular weight is 395 g/mol. The van der Waals surface area contributed by atoms with Crippen molar-refractivity contribution in [3.63, 3.8) is 0 Å². The Kier molecular flexibility index (Phi) is 8.98. The van der Waals surface area contributed by atoms with Gasteiger partial charge in [0.05, 0.1) is 11.7 Å². The molecule has 0 saturated heterocycles. The van der Waals surface area contributed by atoms with Crippen molar-refractivity contribution in [3.8, 4) is 11.5 Å². The van der Waals surface area contributed by atoms with Crippen molar-refractivity contribution < 1.29 is 30.3 Å². The SMILES string of the molecule is CCCCCc1cc(O)c(C/C=C(\C)CCC(O)C(C)(C)O)c(O)c1C(=O)O. The van der Waals surface area contributed by atoms with Crippen molar-refractivity contribution in [2.24, 2.45) is 0 Å². The molecule has 0 amide bonds. The van der Waals surface area contributed by atoms with Crippen LogP contribution in [0.3, 0.4) is 0 Å². The van der Waals surface area contributed by atoms with Gasteiger partial charge in [-0.1, -0.05) is 31.4 Å². The maximum absolute atomic E-state index is 11.6. The van der Waals surface area contributed by atoms with E-state index in [1.807, 2.05) is 13.8 Å². The Morgan fingerprint density at radius 1 is 1.25 bits per heavy atom. The number of phenolic OH excluding ortho intramolecular Hbond substituents is 1. The van der Waals surface area contributed by atoms with Crippen molar-refractivity contribution in [2.75, 3.05) is 0 Å². The molecular weight excluding hydrogens is 360 g/mol. The summed E-state index contributed by atoms with van der Waals surface area (Å²) in [7, 11) is 0. The van der Waals surface area contributed by atoms with E-state index in [0.717, 1.165) is 24.8 Å². The predicted molar refractivity (Wildman–Crippen MR) is 109 cm³/mol. The Bertz CT molecular complexity index is 700. The monoisotopic (exact) mass is 394 g/mol. The van der Waals surface area contributed by atoms with Crippen LogP contribution in [0.15, 0.2) is 17.7 Å². The lowest BCUT2D eigenvalue weighted by molar-refractivity contribution is -0.0509. The van der Waals surface area contributed by atoms with Gasteiger partial charge in [-0.3, -0.25) is 0 Å². The first-order chi connectivity index (χ1) is 13.0. The summed E-state index contributed by atoms with van der Waals surface area (Å²) < 4.78 is 0. The molecule has 158 valence electrons. The van der Waals surface area contributed by atoms with E-state index in [2.05, 4.69) is 0 Å². The van der Waals surface area contributed by atoms with Crippen LogP contribution in [0.2, 0.25) is 0 Å². The molecule has 0 saturated carbocycles. The molecule has 0 radical (unpaired) electrons. The van der Waals surface area contributed by atoms with Gasteiger partial charge < -0.3 is 25.5 Å². The molecule has 0 bridgehead atoms. The predicted octanol–water partition coefficient (Wildman–Crippen LogP) is 3.93. The van der Waals surface area contributed by atoms with E-state index in [9.17, 15) is 30.3 Å². The van der Waals surface area contributed by atoms with Gasteiger partial charge in [-0.15, -0.1) is 0 Å². The van der Waals surface area contributed by atoms with Gasteiger partial charge in [0.25, 0.3) is 0 Å². The minimum absolute atomic E-state index is 0.116. The molecule has 1 aromatic carbocycles. The summed E-state index contributed by atoms with van der Waals surface area (Å²) in [5.74, 6) is -1.71. The Labute approximate surface area is 167 Å². The number of aryl methyl sites for hydroxylation is 1. The Balaban J connectivity index is 2.98. The molecule has 6 nitrogen and oxygen atoms in total. The van der Waals surface area contributed by atoms with Crippen LogP contribution in [0.5, 0.6) is 11.5 Å². The first-order valence-corrected chi connectivity index (χ1v) is 9.85. The molecule has 5 N–H and O–H groups in total. The summed E-state index contributed by atoms with van der Waals surface area (Å²) in [6.07, 6.45) is 5.22. The fraction of sp³-hybridized carbons (Fsp3) is 0.591. The third kappa shape index (κ3) is 6.84. The molecule has 0 spiro atoms. The van der Waals surface area contributed by atoms with E-state index in [1.165, 1.54) is 6.07 Å². The van der Waals surface area contributed by atoms with Crippen LogP contribution < -0.4 is 0 Å². The summed E-state index contributed by atoms with van der Waals surface area (Å²) in [5, 5.41) is 50.0. The molecule has 28 heavy (non-hydrogen) atoms. The van der Waals surface area contributed by atoms with Crippen LogP contribution in [0, 0.1) is 0 Å². The van der Waals surface area contributed by atoms with Crippen molar-refractivity contribution in [1.29, 1.82) is 0 Å². The Hall–Kier alpha value is -2.05. The van der Waals surface area contributed by atoms with E-state index < -0.39 is 17.7 Å². The molecule has 0 aromatic heterocycles. The number of carbonyl (C=O) groups is 1. The zero-order chi connectivity index (χ0) is 21.5. The molecule has 0 aliphatic carbocycles. The third-order valence-corrected chi connectivity index (χ3v) is 5.01. The van der Waals surface area contributed by atoms with Crippen molar-refractivity contribution >= 4 is 5.97 Å². The number of unbranched alkanes of at least 4 members (excludes halogenated alkanes) is 2. The maximum Gasteiger partial charge on any atom is 0.339 e. The van der Waals surface area contributed by atoms with Gasteiger partial charge in [0.15, 0.2) is 0 Å². The highest BCUT2D eigenvalue weighted by molar-refractivity contribution is 5.93. The van der Waals surface area contributed by atoms with Gasteiger partial charge in [0.1, 0.15) is 17.1 Å². The molecule has 0 fully saturated rings. The third-order valence-electron chi connectivity index (χ3n) is 5.01. The second-order valence-corrected chi connectivity index (χ2v) is 7.98. The summed E-state index contributed by atoms with van der Waals surface area (Å²) in [4.78, 5) is 11.6. The standard InChI is InChI=1S/C22H34O6/c1-5-6-7-8-15-13-17(23)16(20(25)19(15)21(26)27)11-9-14(2)10-12-18(24)22(3,4)28/h9,13,18,23-25,28H,5-8,10-12H2,1-4H3,(H,26,27)/b14-9+. The second kappa shape index (κ2) is 10.5. The van der Waals surface area contributed by atoms with Crippen LogP contribution in [0.25, 0.3) is 0 Å². The second-order valence-electron chi connectivity index (χ2n) is 7.98. The molecule has 1 rings (SSSR count). The number of aliphatic hydroxyl groups is 2. The van der Waals surface area contributed by atoms with Crippen molar-refractivity contribution in [2.45, 2.75) is 84.3 Å². The van der Waals surface area contributed by atoms with Gasteiger partial charge in [0, 0.05) is 5.56 Å². The van der Waals surface area contributed by atoms with Gasteiger partial charge in [-0.05, 0) is 64.5 Å². The number of hydrogen-bond acceptors (Lipinski definition) is 5. The molecule has 0 aliphatic rings. The number of rotatable bonds is 11. The molecule has 1 aromatic rings. The number of aromatic carboxylic acids is 1.